The number of hydrogen-bond donors (Lipinski definition) is 1. The summed E-state index contributed by atoms with van der Waals surface area (Å²) in [6, 6.07) is 8.43. The number of carbonyl (C=O) groups is 2. The average molecular weight is 392 g/mol. The number of nitrogens with zero attached hydrogens (tertiary/aromatic N) is 1. The van der Waals surface area contributed by atoms with Gasteiger partial charge in [0.2, 0.25) is 0 Å². The van der Waals surface area contributed by atoms with Crippen LogP contribution in [-0.2, 0) is 15.8 Å². The third-order valence-corrected chi connectivity index (χ3v) is 3.85. The molecule has 0 aromatic heterocycles. The first-order valence-corrected chi connectivity index (χ1v) is 7.96. The van der Waals surface area contributed by atoms with Gasteiger partial charge in [-0.15, -0.1) is 0 Å². The smallest absolute Gasteiger partial charge is 0.321 e. The molecule has 0 unspecified atom stereocenters. The van der Waals surface area contributed by atoms with Gasteiger partial charge in [0.25, 0.3) is 11.6 Å². The number of Topliss-reactive ketones (excluding diaryl/α,β-unsaturated/α-hetero) is 1. The number of alkyl halides is 3. The summed E-state index contributed by atoms with van der Waals surface area (Å²) >= 11 is 0. The largest absolute Gasteiger partial charge is 0.418 e. The Labute approximate surface area is 157 Å². The Bertz CT molecular complexity index is 981. The molecule has 28 heavy (non-hydrogen) atoms. The molecule has 0 aliphatic rings. The van der Waals surface area contributed by atoms with Crippen LogP contribution >= 0.6 is 0 Å². The standard InChI is InChI=1S/C19H15F3N2O4/c1-11-7-8-13(10-17(11)24(27)28)9-14(12(2)25)18(26)23-16-6-4-3-5-15(16)19(20,21)22/h3-10H,1-2H3,(H,23,26)/b14-9+. The van der Waals surface area contributed by atoms with Crippen LogP contribution in [0.1, 0.15) is 23.6 Å². The number of anilines is 1. The molecular weight excluding hydrogens is 377 g/mol. The number of nitrogens with one attached hydrogen (secondary N) is 1. The Hall–Kier alpha value is -3.49. The van der Waals surface area contributed by atoms with Crippen molar-refractivity contribution < 1.29 is 27.7 Å². The van der Waals surface area contributed by atoms with Crippen molar-refractivity contribution in [1.29, 1.82) is 0 Å². The molecule has 2 aromatic rings. The summed E-state index contributed by atoms with van der Waals surface area (Å²) in [6.07, 6.45) is -3.60. The molecule has 1 amide bonds. The zero-order chi connectivity index (χ0) is 21.1. The Morgan fingerprint density at radius 3 is 2.36 bits per heavy atom. The minimum atomic E-state index is -4.69. The van der Waals surface area contributed by atoms with Gasteiger partial charge in [0.15, 0.2) is 5.78 Å². The van der Waals surface area contributed by atoms with E-state index in [-0.39, 0.29) is 11.3 Å². The summed E-state index contributed by atoms with van der Waals surface area (Å²) < 4.78 is 39.2. The fourth-order valence-corrected chi connectivity index (χ4v) is 2.44. The van der Waals surface area contributed by atoms with Gasteiger partial charge in [-0.05, 0) is 37.6 Å². The van der Waals surface area contributed by atoms with Gasteiger partial charge in [-0.1, -0.05) is 24.3 Å². The molecule has 0 aliphatic heterocycles. The van der Waals surface area contributed by atoms with E-state index in [2.05, 4.69) is 5.32 Å². The van der Waals surface area contributed by atoms with E-state index in [0.29, 0.717) is 5.56 Å². The van der Waals surface area contributed by atoms with Crippen molar-refractivity contribution >= 4 is 29.1 Å². The molecule has 0 fully saturated rings. The van der Waals surface area contributed by atoms with Crippen molar-refractivity contribution in [3.8, 4) is 0 Å². The van der Waals surface area contributed by atoms with Gasteiger partial charge in [-0.3, -0.25) is 19.7 Å². The highest BCUT2D eigenvalue weighted by molar-refractivity contribution is 6.25. The topological polar surface area (TPSA) is 89.3 Å². The predicted octanol–water partition coefficient (Wildman–Crippen LogP) is 4.53. The summed E-state index contributed by atoms with van der Waals surface area (Å²) in [5.74, 6) is -1.75. The van der Waals surface area contributed by atoms with Crippen LogP contribution in [0.25, 0.3) is 6.08 Å². The number of rotatable bonds is 5. The lowest BCUT2D eigenvalue weighted by molar-refractivity contribution is -0.385. The van der Waals surface area contributed by atoms with Crippen molar-refractivity contribution in [2.24, 2.45) is 0 Å². The number of carbonyl (C=O) groups excluding carboxylic acids is 2. The normalized spacial score (nSPS) is 11.8. The second-order valence-corrected chi connectivity index (χ2v) is 5.91. The van der Waals surface area contributed by atoms with Crippen molar-refractivity contribution in [2.45, 2.75) is 20.0 Å². The van der Waals surface area contributed by atoms with Crippen LogP contribution in [0.5, 0.6) is 0 Å². The van der Waals surface area contributed by atoms with Crippen LogP contribution in [0.15, 0.2) is 48.0 Å². The summed E-state index contributed by atoms with van der Waals surface area (Å²) in [6.45, 7) is 2.60. The lowest BCUT2D eigenvalue weighted by Gasteiger charge is -2.14. The lowest BCUT2D eigenvalue weighted by Crippen LogP contribution is -2.21. The average Bonchev–Trinajstić information content (AvgIpc) is 2.59. The molecule has 1 N–H and O–H groups in total. The van der Waals surface area contributed by atoms with Crippen molar-refractivity contribution in [1.82, 2.24) is 0 Å². The molecule has 0 radical (unpaired) electrons. The predicted molar refractivity (Wildman–Crippen MR) is 96.6 cm³/mol. The number of hydrogen-bond acceptors (Lipinski definition) is 4. The second kappa shape index (κ2) is 8.03. The fourth-order valence-electron chi connectivity index (χ4n) is 2.44. The van der Waals surface area contributed by atoms with Gasteiger partial charge in [0.1, 0.15) is 0 Å². The van der Waals surface area contributed by atoms with Crippen LogP contribution in [-0.4, -0.2) is 16.6 Å². The molecule has 0 bridgehead atoms. The maximum atomic E-state index is 13.1. The van der Waals surface area contributed by atoms with Crippen LogP contribution in [0.3, 0.4) is 0 Å². The molecule has 0 saturated heterocycles. The van der Waals surface area contributed by atoms with Crippen LogP contribution in [0.4, 0.5) is 24.5 Å². The Balaban J connectivity index is 2.42. The van der Waals surface area contributed by atoms with Gasteiger partial charge in [0.05, 0.1) is 21.7 Å². The molecule has 0 spiro atoms. The third-order valence-electron chi connectivity index (χ3n) is 3.85. The Kier molecular flexibility index (Phi) is 5.97. The van der Waals surface area contributed by atoms with Crippen molar-refractivity contribution in [2.75, 3.05) is 5.32 Å². The minimum absolute atomic E-state index is 0.196. The van der Waals surface area contributed by atoms with E-state index < -0.39 is 39.6 Å². The molecule has 0 heterocycles. The lowest BCUT2D eigenvalue weighted by atomic mass is 10.0. The van der Waals surface area contributed by atoms with E-state index in [0.717, 1.165) is 25.1 Å². The van der Waals surface area contributed by atoms with Gasteiger partial charge >= 0.3 is 6.18 Å². The molecular formula is C19H15F3N2O4. The highest BCUT2D eigenvalue weighted by Gasteiger charge is 2.33. The molecule has 9 heteroatoms. The SMILES string of the molecule is CC(=O)/C(=C\c1ccc(C)c([N+](=O)[O-])c1)C(=O)Nc1ccccc1C(F)(F)F. The summed E-state index contributed by atoms with van der Waals surface area (Å²) in [7, 11) is 0. The number of aryl methyl sites for hydroxylation is 1. The minimum Gasteiger partial charge on any atom is -0.321 e. The molecule has 2 aromatic carbocycles. The van der Waals surface area contributed by atoms with Gasteiger partial charge in [-0.2, -0.15) is 13.2 Å². The number of nitro groups is 1. The van der Waals surface area contributed by atoms with Crippen LogP contribution in [0.2, 0.25) is 0 Å². The van der Waals surface area contributed by atoms with E-state index in [1.54, 1.807) is 0 Å². The first kappa shape index (κ1) is 20.8. The second-order valence-electron chi connectivity index (χ2n) is 5.91. The number of ketones is 1. The maximum Gasteiger partial charge on any atom is 0.418 e. The molecule has 0 aliphatic carbocycles. The number of para-hydroxylation sites is 1. The monoisotopic (exact) mass is 392 g/mol. The maximum absolute atomic E-state index is 13.1. The van der Waals surface area contributed by atoms with E-state index in [4.69, 9.17) is 0 Å². The van der Waals surface area contributed by atoms with E-state index in [9.17, 15) is 32.9 Å². The summed E-state index contributed by atoms with van der Waals surface area (Å²) in [4.78, 5) is 34.7. The molecule has 146 valence electrons. The zero-order valence-electron chi connectivity index (χ0n) is 14.8. The first-order chi connectivity index (χ1) is 13.0. The number of halogens is 3. The van der Waals surface area contributed by atoms with Crippen LogP contribution in [0, 0.1) is 17.0 Å². The Morgan fingerprint density at radius 1 is 1.14 bits per heavy atom. The van der Waals surface area contributed by atoms with Crippen molar-refractivity contribution in [3.05, 3.63) is 74.8 Å². The highest BCUT2D eigenvalue weighted by atomic mass is 19.4. The van der Waals surface area contributed by atoms with Gasteiger partial charge in [0, 0.05) is 11.6 Å². The summed E-state index contributed by atoms with van der Waals surface area (Å²) in [5.41, 5.74) is -1.62. The highest BCUT2D eigenvalue weighted by Crippen LogP contribution is 2.34. The van der Waals surface area contributed by atoms with Crippen LogP contribution < -0.4 is 5.32 Å². The van der Waals surface area contributed by atoms with E-state index in [1.807, 2.05) is 0 Å². The first-order valence-electron chi connectivity index (χ1n) is 7.96. The summed E-state index contributed by atoms with van der Waals surface area (Å²) in [5, 5.41) is 13.1. The quantitative estimate of drug-likeness (QED) is 0.266. The molecule has 0 atom stereocenters. The van der Waals surface area contributed by atoms with Crippen molar-refractivity contribution in [3.63, 3.8) is 0 Å². The molecule has 6 nitrogen and oxygen atoms in total. The van der Waals surface area contributed by atoms with Gasteiger partial charge in [-0.25, -0.2) is 0 Å². The van der Waals surface area contributed by atoms with Gasteiger partial charge < -0.3 is 5.32 Å². The van der Waals surface area contributed by atoms with E-state index >= 15 is 0 Å². The number of nitro benzene ring substituents is 1. The Morgan fingerprint density at radius 2 is 1.79 bits per heavy atom. The third kappa shape index (κ3) is 4.81. The number of amides is 1. The number of benzene rings is 2. The molecule has 2 rings (SSSR count). The zero-order valence-corrected chi connectivity index (χ0v) is 14.8. The molecule has 0 saturated carbocycles. The fraction of sp³-hybridized carbons (Fsp3) is 0.158. The van der Waals surface area contributed by atoms with E-state index in [1.165, 1.54) is 37.3 Å².